The van der Waals surface area contributed by atoms with Crippen LogP contribution in [0.3, 0.4) is 0 Å². The van der Waals surface area contributed by atoms with E-state index in [0.29, 0.717) is 0 Å². The Morgan fingerprint density at radius 2 is 1.65 bits per heavy atom. The van der Waals surface area contributed by atoms with Gasteiger partial charge in [0.25, 0.3) is 0 Å². The van der Waals surface area contributed by atoms with E-state index in [1.165, 1.54) is 0 Å². The molecule has 1 unspecified atom stereocenters. The average molecular weight is 542 g/mol. The van der Waals surface area contributed by atoms with Gasteiger partial charge in [0, 0.05) is 51.5 Å². The zero-order valence-electron chi connectivity index (χ0n) is 18.5. The van der Waals surface area contributed by atoms with Crippen molar-refractivity contribution in [2.75, 3.05) is 57.7 Å². The third-order valence-corrected chi connectivity index (χ3v) is 5.70. The highest BCUT2D eigenvalue weighted by Gasteiger charge is 2.30. The van der Waals surface area contributed by atoms with E-state index in [4.69, 9.17) is 0 Å². The summed E-state index contributed by atoms with van der Waals surface area (Å²) in [7, 11) is 0. The maximum absolute atomic E-state index is 12.7. The van der Waals surface area contributed by atoms with E-state index in [1.54, 1.807) is 0 Å². The lowest BCUT2D eigenvalue weighted by Crippen LogP contribution is -2.57. The second-order valence-corrected chi connectivity index (χ2v) is 7.82. The first-order chi connectivity index (χ1) is 14.6. The molecule has 0 aliphatic carbocycles. The van der Waals surface area contributed by atoms with Crippen LogP contribution < -0.4 is 10.6 Å². The minimum absolute atomic E-state index is 0. The van der Waals surface area contributed by atoms with Crippen LogP contribution in [0.4, 0.5) is 5.69 Å². The third kappa shape index (κ3) is 7.34. The van der Waals surface area contributed by atoms with Gasteiger partial charge in [-0.25, -0.2) is 4.99 Å². The molecule has 172 valence electrons. The molecule has 2 fully saturated rings. The van der Waals surface area contributed by atoms with Crippen LogP contribution in [-0.2, 0) is 9.59 Å². The van der Waals surface area contributed by atoms with Crippen LogP contribution in [-0.4, -0.2) is 90.9 Å². The topological polar surface area (TPSA) is 80.3 Å². The first-order valence-corrected chi connectivity index (χ1v) is 11.0. The predicted octanol–water partition coefficient (Wildman–Crippen LogP) is 1.84. The van der Waals surface area contributed by atoms with Crippen molar-refractivity contribution in [3.8, 4) is 0 Å². The zero-order chi connectivity index (χ0) is 21.3. The van der Waals surface area contributed by atoms with E-state index in [0.717, 1.165) is 70.3 Å². The fourth-order valence-corrected chi connectivity index (χ4v) is 3.97. The van der Waals surface area contributed by atoms with Crippen molar-refractivity contribution in [3.05, 3.63) is 30.3 Å². The van der Waals surface area contributed by atoms with Crippen LogP contribution in [0.5, 0.6) is 0 Å². The van der Waals surface area contributed by atoms with Crippen molar-refractivity contribution < 1.29 is 9.59 Å². The summed E-state index contributed by atoms with van der Waals surface area (Å²) in [5.41, 5.74) is 0.771. The summed E-state index contributed by atoms with van der Waals surface area (Å²) in [6, 6.07) is 9.32. The Morgan fingerprint density at radius 3 is 2.26 bits per heavy atom. The lowest BCUT2D eigenvalue weighted by atomic mass is 10.2. The summed E-state index contributed by atoms with van der Waals surface area (Å²) in [6.45, 7) is 9.81. The molecule has 1 aromatic rings. The number of para-hydroxylation sites is 1. The molecule has 9 heteroatoms. The quantitative estimate of drug-likeness (QED) is 0.326. The summed E-state index contributed by atoms with van der Waals surface area (Å²) in [4.78, 5) is 35.9. The summed E-state index contributed by atoms with van der Waals surface area (Å²) >= 11 is 0. The molecule has 1 atom stereocenters. The van der Waals surface area contributed by atoms with Crippen molar-refractivity contribution in [1.29, 1.82) is 0 Å². The largest absolute Gasteiger partial charge is 0.357 e. The number of nitrogens with zero attached hydrogens (tertiary/aromatic N) is 4. The fraction of sp³-hybridized carbons (Fsp3) is 0.591. The first-order valence-electron chi connectivity index (χ1n) is 11.0. The lowest BCUT2D eigenvalue weighted by molar-refractivity contribution is -0.135. The number of hydrogen-bond acceptors (Lipinski definition) is 4. The third-order valence-electron chi connectivity index (χ3n) is 5.70. The maximum atomic E-state index is 12.7. The molecule has 2 aliphatic heterocycles. The van der Waals surface area contributed by atoms with Gasteiger partial charge in [-0.2, -0.15) is 0 Å². The molecule has 8 nitrogen and oxygen atoms in total. The number of nitrogens with one attached hydrogen (secondary N) is 2. The number of rotatable bonds is 6. The lowest BCUT2D eigenvalue weighted by Gasteiger charge is -2.39. The molecule has 0 spiro atoms. The second kappa shape index (κ2) is 12.8. The molecule has 31 heavy (non-hydrogen) atoms. The highest BCUT2D eigenvalue weighted by atomic mass is 127. The first kappa shape index (κ1) is 25.4. The van der Waals surface area contributed by atoms with E-state index in [-0.39, 0.29) is 48.4 Å². The molecular formula is C22H35IN6O2. The van der Waals surface area contributed by atoms with Gasteiger partial charge in [-0.05, 0) is 38.8 Å². The Morgan fingerprint density at radius 1 is 1.00 bits per heavy atom. The van der Waals surface area contributed by atoms with Gasteiger partial charge < -0.3 is 20.4 Å². The van der Waals surface area contributed by atoms with Crippen molar-refractivity contribution in [2.24, 2.45) is 4.99 Å². The van der Waals surface area contributed by atoms with Gasteiger partial charge in [-0.3, -0.25) is 14.5 Å². The fourth-order valence-electron chi connectivity index (χ4n) is 3.97. The number of carbonyl (C=O) groups excluding carboxylic acids is 2. The van der Waals surface area contributed by atoms with Crippen LogP contribution >= 0.6 is 24.0 Å². The SMILES string of the molecule is CCNC(=NCC(=O)Nc1ccccc1)N1CCN(C(C)C(=O)N2CCCC2)CC1.I. The van der Waals surface area contributed by atoms with E-state index < -0.39 is 0 Å². The number of amides is 2. The molecule has 2 aliphatic rings. The molecule has 2 N–H and O–H groups in total. The molecule has 0 aromatic heterocycles. The van der Waals surface area contributed by atoms with Crippen molar-refractivity contribution in [3.63, 3.8) is 0 Å². The monoisotopic (exact) mass is 542 g/mol. The maximum Gasteiger partial charge on any atom is 0.246 e. The number of aliphatic imine (C=N–C) groups is 1. The summed E-state index contributed by atoms with van der Waals surface area (Å²) in [6.07, 6.45) is 2.24. The van der Waals surface area contributed by atoms with Gasteiger partial charge in [-0.1, -0.05) is 18.2 Å². The Kier molecular flexibility index (Phi) is 10.5. The molecule has 0 bridgehead atoms. The smallest absolute Gasteiger partial charge is 0.246 e. The van der Waals surface area contributed by atoms with Gasteiger partial charge in [0.05, 0.1) is 6.04 Å². The molecule has 3 rings (SSSR count). The van der Waals surface area contributed by atoms with Gasteiger partial charge in [-0.15, -0.1) is 24.0 Å². The number of likely N-dealkylation sites (tertiary alicyclic amines) is 1. The van der Waals surface area contributed by atoms with E-state index in [2.05, 4.69) is 25.4 Å². The number of benzene rings is 1. The number of anilines is 1. The van der Waals surface area contributed by atoms with Crippen molar-refractivity contribution in [2.45, 2.75) is 32.7 Å². The predicted molar refractivity (Wildman–Crippen MR) is 135 cm³/mol. The van der Waals surface area contributed by atoms with Crippen molar-refractivity contribution >= 4 is 47.4 Å². The summed E-state index contributed by atoms with van der Waals surface area (Å²) in [5.74, 6) is 0.859. The Balaban J connectivity index is 0.00000341. The number of halogens is 1. The molecule has 0 saturated carbocycles. The molecule has 2 saturated heterocycles. The second-order valence-electron chi connectivity index (χ2n) is 7.82. The minimum Gasteiger partial charge on any atom is -0.357 e. The molecule has 2 amide bonds. The van der Waals surface area contributed by atoms with E-state index >= 15 is 0 Å². The van der Waals surface area contributed by atoms with Gasteiger partial charge in [0.1, 0.15) is 6.54 Å². The minimum atomic E-state index is -0.139. The van der Waals surface area contributed by atoms with Gasteiger partial charge >= 0.3 is 0 Å². The zero-order valence-corrected chi connectivity index (χ0v) is 20.9. The van der Waals surface area contributed by atoms with Crippen LogP contribution in [0, 0.1) is 0 Å². The van der Waals surface area contributed by atoms with Crippen LogP contribution in [0.2, 0.25) is 0 Å². The molecular weight excluding hydrogens is 507 g/mol. The molecule has 1 aromatic carbocycles. The number of carbonyl (C=O) groups is 2. The molecule has 0 radical (unpaired) electrons. The Bertz CT molecular complexity index is 731. The van der Waals surface area contributed by atoms with Crippen LogP contribution in [0.1, 0.15) is 26.7 Å². The number of guanidine groups is 1. The van der Waals surface area contributed by atoms with E-state index in [9.17, 15) is 9.59 Å². The molecule has 2 heterocycles. The van der Waals surface area contributed by atoms with Crippen LogP contribution in [0.15, 0.2) is 35.3 Å². The highest BCUT2D eigenvalue weighted by Crippen LogP contribution is 2.14. The normalized spacial score (nSPS) is 18.3. The van der Waals surface area contributed by atoms with Crippen molar-refractivity contribution in [1.82, 2.24) is 20.0 Å². The number of hydrogen-bond donors (Lipinski definition) is 2. The van der Waals surface area contributed by atoms with Gasteiger partial charge in [0.15, 0.2) is 5.96 Å². The Labute approximate surface area is 202 Å². The number of piperazine rings is 1. The standard InChI is InChI=1S/C22H34N6O2.HI/c1-3-23-22(24-17-20(29)25-19-9-5-4-6-10-19)28-15-13-26(14-16-28)18(2)21(30)27-11-7-8-12-27;/h4-6,9-10,18H,3,7-8,11-17H2,1-2H3,(H,23,24)(H,25,29);1H. The van der Waals surface area contributed by atoms with Crippen LogP contribution in [0.25, 0.3) is 0 Å². The highest BCUT2D eigenvalue weighted by molar-refractivity contribution is 14.0. The summed E-state index contributed by atoms with van der Waals surface area (Å²) < 4.78 is 0. The van der Waals surface area contributed by atoms with Gasteiger partial charge in [0.2, 0.25) is 11.8 Å². The Hall–Kier alpha value is -1.88. The average Bonchev–Trinajstić information content (AvgIpc) is 3.31. The van der Waals surface area contributed by atoms with E-state index in [1.807, 2.05) is 49.1 Å². The summed E-state index contributed by atoms with van der Waals surface area (Å²) in [5, 5.41) is 6.15.